The van der Waals surface area contributed by atoms with Gasteiger partial charge in [0.25, 0.3) is 5.91 Å². The Labute approximate surface area is 153 Å². The van der Waals surface area contributed by atoms with E-state index in [1.165, 1.54) is 12.1 Å². The lowest BCUT2D eigenvalue weighted by molar-refractivity contribution is -0.0618. The van der Waals surface area contributed by atoms with Gasteiger partial charge in [-0.15, -0.1) is 0 Å². The van der Waals surface area contributed by atoms with Gasteiger partial charge in [-0.05, 0) is 36.2 Å². The van der Waals surface area contributed by atoms with E-state index in [0.29, 0.717) is 12.0 Å². The van der Waals surface area contributed by atoms with E-state index < -0.39 is 48.4 Å². The van der Waals surface area contributed by atoms with Crippen LogP contribution >= 0.6 is 0 Å². The molecule has 27 heavy (non-hydrogen) atoms. The molecule has 0 atom stereocenters. The topological polar surface area (TPSA) is 90.8 Å². The number of amides is 1. The van der Waals surface area contributed by atoms with E-state index in [2.05, 4.69) is 5.32 Å². The number of nitrogens with one attached hydrogen (secondary N) is 2. The minimum atomic E-state index is -1.37. The Morgan fingerprint density at radius 2 is 1.81 bits per heavy atom. The summed E-state index contributed by atoms with van der Waals surface area (Å²) in [5.74, 6) is -4.28. The Hall–Kier alpha value is -2.62. The highest BCUT2D eigenvalue weighted by atomic mass is 19.2. The van der Waals surface area contributed by atoms with Crippen molar-refractivity contribution in [1.82, 2.24) is 5.48 Å². The first-order valence-corrected chi connectivity index (χ1v) is 8.12. The molecule has 0 bridgehead atoms. The minimum absolute atomic E-state index is 0.143. The van der Waals surface area contributed by atoms with E-state index in [1.54, 1.807) is 6.07 Å². The van der Waals surface area contributed by atoms with Crippen molar-refractivity contribution in [2.24, 2.45) is 0 Å². The molecule has 146 valence electrons. The molecule has 0 fully saturated rings. The zero-order valence-corrected chi connectivity index (χ0v) is 14.4. The van der Waals surface area contributed by atoms with Gasteiger partial charge in [0.2, 0.25) is 0 Å². The van der Waals surface area contributed by atoms with Crippen LogP contribution in [0.4, 0.5) is 24.5 Å². The molecule has 0 aliphatic rings. The molecule has 0 saturated heterocycles. The summed E-state index contributed by atoms with van der Waals surface area (Å²) in [6.07, 6.45) is -0.498. The van der Waals surface area contributed by atoms with Crippen LogP contribution < -0.4 is 10.8 Å². The number of halogens is 3. The molecular weight excluding hydrogens is 365 g/mol. The smallest absolute Gasteiger partial charge is 0.277 e. The van der Waals surface area contributed by atoms with Crippen LogP contribution in [-0.2, 0) is 11.3 Å². The molecule has 4 N–H and O–H groups in total. The first kappa shape index (κ1) is 20.7. The van der Waals surface area contributed by atoms with Gasteiger partial charge in [-0.1, -0.05) is 13.0 Å². The highest BCUT2D eigenvalue weighted by molar-refractivity contribution is 6.00. The fraction of sp³-hybridized carbons (Fsp3) is 0.278. The molecule has 0 unspecified atom stereocenters. The van der Waals surface area contributed by atoms with Crippen molar-refractivity contribution in [3.63, 3.8) is 0 Å². The van der Waals surface area contributed by atoms with Gasteiger partial charge in [0.15, 0.2) is 11.6 Å². The first-order chi connectivity index (χ1) is 12.9. The van der Waals surface area contributed by atoms with Crippen molar-refractivity contribution in [2.75, 3.05) is 18.5 Å². The third-order valence-corrected chi connectivity index (χ3v) is 3.77. The number of aliphatic hydroxyl groups excluding tert-OH is 2. The predicted octanol–water partition coefficient (Wildman–Crippen LogP) is 2.42. The maximum atomic E-state index is 14.3. The molecule has 0 radical (unpaired) electrons. The predicted molar refractivity (Wildman–Crippen MR) is 91.9 cm³/mol. The molecule has 0 spiro atoms. The fourth-order valence-corrected chi connectivity index (χ4v) is 2.20. The van der Waals surface area contributed by atoms with Crippen LogP contribution in [0.25, 0.3) is 0 Å². The van der Waals surface area contributed by atoms with Gasteiger partial charge < -0.3 is 15.5 Å². The van der Waals surface area contributed by atoms with Crippen molar-refractivity contribution in [3.05, 3.63) is 58.9 Å². The highest BCUT2D eigenvalue weighted by Gasteiger charge is 2.21. The second-order valence-electron chi connectivity index (χ2n) is 5.61. The number of anilines is 2. The average molecular weight is 384 g/mol. The van der Waals surface area contributed by atoms with Crippen molar-refractivity contribution in [1.29, 1.82) is 0 Å². The van der Waals surface area contributed by atoms with Crippen molar-refractivity contribution >= 4 is 17.3 Å². The molecule has 0 aliphatic carbocycles. The Morgan fingerprint density at radius 1 is 1.11 bits per heavy atom. The molecule has 0 heterocycles. The third kappa shape index (κ3) is 4.97. The van der Waals surface area contributed by atoms with Gasteiger partial charge >= 0.3 is 0 Å². The van der Waals surface area contributed by atoms with Crippen LogP contribution in [-0.4, -0.2) is 35.4 Å². The van der Waals surface area contributed by atoms with Gasteiger partial charge in [-0.2, -0.15) is 0 Å². The highest BCUT2D eigenvalue weighted by Crippen LogP contribution is 2.28. The molecule has 0 aliphatic heterocycles. The summed E-state index contributed by atoms with van der Waals surface area (Å²) in [4.78, 5) is 17.0. The maximum absolute atomic E-state index is 14.3. The van der Waals surface area contributed by atoms with Gasteiger partial charge in [-0.25, -0.2) is 18.7 Å². The lowest BCUT2D eigenvalue weighted by Crippen LogP contribution is -2.34. The van der Waals surface area contributed by atoms with Crippen molar-refractivity contribution < 1.29 is 33.0 Å². The summed E-state index contributed by atoms with van der Waals surface area (Å²) in [5, 5.41) is 20.2. The number of carbonyl (C=O) groups is 1. The van der Waals surface area contributed by atoms with Crippen LogP contribution in [0.15, 0.2) is 30.3 Å². The summed E-state index contributed by atoms with van der Waals surface area (Å²) in [6.45, 7) is 0.686. The van der Waals surface area contributed by atoms with Crippen LogP contribution in [0.5, 0.6) is 0 Å². The first-order valence-electron chi connectivity index (χ1n) is 8.12. The zero-order chi connectivity index (χ0) is 20.0. The van der Waals surface area contributed by atoms with Crippen LogP contribution in [0, 0.1) is 17.5 Å². The average Bonchev–Trinajstić information content (AvgIpc) is 2.67. The lowest BCUT2D eigenvalue weighted by atomic mass is 10.1. The molecule has 2 aromatic carbocycles. The molecule has 0 aromatic heterocycles. The van der Waals surface area contributed by atoms with E-state index in [9.17, 15) is 18.0 Å². The number of benzene rings is 2. The second-order valence-corrected chi connectivity index (χ2v) is 5.61. The number of hydrogen-bond donors (Lipinski definition) is 4. The van der Waals surface area contributed by atoms with Crippen LogP contribution in [0.1, 0.15) is 22.8 Å². The zero-order valence-electron chi connectivity index (χ0n) is 14.4. The number of hydroxylamine groups is 1. The summed E-state index contributed by atoms with van der Waals surface area (Å²) in [7, 11) is 0. The van der Waals surface area contributed by atoms with Crippen molar-refractivity contribution in [3.8, 4) is 0 Å². The molecular formula is C18H19F3N2O4. The third-order valence-electron chi connectivity index (χ3n) is 3.77. The summed E-state index contributed by atoms with van der Waals surface area (Å²) >= 11 is 0. The molecule has 0 saturated carbocycles. The summed E-state index contributed by atoms with van der Waals surface area (Å²) in [5.41, 5.74) is 1.55. The Kier molecular flexibility index (Phi) is 7.17. The fourth-order valence-electron chi connectivity index (χ4n) is 2.20. The molecule has 6 nitrogen and oxygen atoms in total. The number of carbonyl (C=O) groups excluding carboxylic acids is 1. The van der Waals surface area contributed by atoms with E-state index in [4.69, 9.17) is 15.1 Å². The summed E-state index contributed by atoms with van der Waals surface area (Å²) < 4.78 is 42.1. The minimum Gasteiger partial charge on any atom is -0.393 e. The lowest BCUT2D eigenvalue weighted by Gasteiger charge is -2.16. The number of aliphatic hydroxyl groups is 2. The van der Waals surface area contributed by atoms with E-state index in [-0.39, 0.29) is 11.3 Å². The molecule has 9 heteroatoms. The standard InChI is InChI=1S/C18H19F3N2O4/c1-2-10-3-6-15(14(20)7-10)22-17-12(4-5-13(19)16(17)21)18(26)23-27-11(8-24)9-25/h3-7,11,22,24-25H,2,8-9H2,1H3,(H,23,26). The van der Waals surface area contributed by atoms with E-state index >= 15 is 0 Å². The number of hydrogen-bond acceptors (Lipinski definition) is 5. The van der Waals surface area contributed by atoms with Crippen LogP contribution in [0.3, 0.4) is 0 Å². The Balaban J connectivity index is 2.32. The Morgan fingerprint density at radius 3 is 2.41 bits per heavy atom. The molecule has 2 rings (SSSR count). The quantitative estimate of drug-likeness (QED) is 0.525. The van der Waals surface area contributed by atoms with Crippen LogP contribution in [0.2, 0.25) is 0 Å². The second kappa shape index (κ2) is 9.36. The van der Waals surface area contributed by atoms with Crippen molar-refractivity contribution in [2.45, 2.75) is 19.4 Å². The molecule has 2 aromatic rings. The maximum Gasteiger partial charge on any atom is 0.277 e. The van der Waals surface area contributed by atoms with Gasteiger partial charge in [-0.3, -0.25) is 9.63 Å². The number of rotatable bonds is 8. The largest absolute Gasteiger partial charge is 0.393 e. The Bertz CT molecular complexity index is 813. The van der Waals surface area contributed by atoms with E-state index in [1.807, 2.05) is 12.4 Å². The summed E-state index contributed by atoms with van der Waals surface area (Å²) in [6, 6.07) is 5.94. The monoisotopic (exact) mass is 384 g/mol. The SMILES string of the molecule is CCc1ccc(Nc2c(C(=O)NOC(CO)CO)ccc(F)c2F)c(F)c1. The van der Waals surface area contributed by atoms with Gasteiger partial charge in [0.1, 0.15) is 11.9 Å². The van der Waals surface area contributed by atoms with Gasteiger partial charge in [0, 0.05) is 0 Å². The normalized spacial score (nSPS) is 10.9. The van der Waals surface area contributed by atoms with Gasteiger partial charge in [0.05, 0.1) is 30.2 Å². The van der Waals surface area contributed by atoms with E-state index in [0.717, 1.165) is 12.1 Å². The number of aryl methyl sites for hydroxylation is 1. The molecule has 1 amide bonds.